The van der Waals surface area contributed by atoms with Gasteiger partial charge in [-0.25, -0.2) is 4.79 Å². The molecule has 2 aromatic carbocycles. The van der Waals surface area contributed by atoms with Crippen LogP contribution >= 0.6 is 0 Å². The SMILES string of the molecule is CCCCCCCC(OC(=O)Oc1cccc(CCCCC)c1CCCCC)c1ccccc1. The Balaban J connectivity index is 2.09. The zero-order chi connectivity index (χ0) is 24.4. The quantitative estimate of drug-likeness (QED) is 0.132. The lowest BCUT2D eigenvalue weighted by Crippen LogP contribution is -2.16. The van der Waals surface area contributed by atoms with Gasteiger partial charge in [0.15, 0.2) is 0 Å². The van der Waals surface area contributed by atoms with Crippen LogP contribution in [0, 0.1) is 0 Å². The molecule has 0 aliphatic rings. The summed E-state index contributed by atoms with van der Waals surface area (Å²) in [5.41, 5.74) is 3.52. The van der Waals surface area contributed by atoms with Crippen LogP contribution < -0.4 is 4.74 Å². The van der Waals surface area contributed by atoms with E-state index in [1.165, 1.54) is 62.5 Å². The molecule has 3 nitrogen and oxygen atoms in total. The van der Waals surface area contributed by atoms with E-state index in [2.05, 4.69) is 26.8 Å². The van der Waals surface area contributed by atoms with E-state index in [4.69, 9.17) is 9.47 Å². The van der Waals surface area contributed by atoms with Crippen LogP contribution in [0.1, 0.15) is 121 Å². The number of hydrogen-bond donors (Lipinski definition) is 0. The van der Waals surface area contributed by atoms with Crippen LogP contribution in [0.3, 0.4) is 0 Å². The molecule has 0 spiro atoms. The van der Waals surface area contributed by atoms with Crippen molar-refractivity contribution in [3.05, 3.63) is 65.2 Å². The first-order chi connectivity index (χ1) is 16.7. The van der Waals surface area contributed by atoms with Crippen LogP contribution in [0.2, 0.25) is 0 Å². The molecule has 188 valence electrons. The highest BCUT2D eigenvalue weighted by Crippen LogP contribution is 2.29. The number of carbonyl (C=O) groups is 1. The molecule has 0 aliphatic carbocycles. The molecular formula is C31H46O3. The van der Waals surface area contributed by atoms with Gasteiger partial charge in [-0.15, -0.1) is 0 Å². The van der Waals surface area contributed by atoms with Gasteiger partial charge in [0.25, 0.3) is 0 Å². The Labute approximate surface area is 208 Å². The van der Waals surface area contributed by atoms with Crippen LogP contribution in [0.5, 0.6) is 5.75 Å². The van der Waals surface area contributed by atoms with E-state index in [-0.39, 0.29) is 6.10 Å². The van der Waals surface area contributed by atoms with E-state index in [0.29, 0.717) is 5.75 Å². The second-order valence-electron chi connectivity index (χ2n) is 9.38. The minimum Gasteiger partial charge on any atom is -0.426 e. The topological polar surface area (TPSA) is 35.5 Å². The number of unbranched alkanes of at least 4 members (excludes halogenated alkanes) is 8. The van der Waals surface area contributed by atoms with Gasteiger partial charge < -0.3 is 9.47 Å². The molecule has 2 rings (SSSR count). The fourth-order valence-corrected chi connectivity index (χ4v) is 4.47. The predicted molar refractivity (Wildman–Crippen MR) is 143 cm³/mol. The smallest absolute Gasteiger partial charge is 0.426 e. The molecule has 3 heteroatoms. The van der Waals surface area contributed by atoms with Gasteiger partial charge in [0.1, 0.15) is 11.9 Å². The summed E-state index contributed by atoms with van der Waals surface area (Å²) in [7, 11) is 0. The molecule has 1 unspecified atom stereocenters. The molecule has 0 heterocycles. The molecule has 0 radical (unpaired) electrons. The number of rotatable bonds is 17. The normalized spacial score (nSPS) is 11.9. The van der Waals surface area contributed by atoms with Gasteiger partial charge in [-0.2, -0.15) is 0 Å². The van der Waals surface area contributed by atoms with Crippen molar-refractivity contribution in [1.29, 1.82) is 0 Å². The Hall–Kier alpha value is -2.29. The van der Waals surface area contributed by atoms with E-state index in [9.17, 15) is 4.79 Å². The Bertz CT molecular complexity index is 800. The van der Waals surface area contributed by atoms with Gasteiger partial charge in [-0.3, -0.25) is 0 Å². The minimum absolute atomic E-state index is 0.272. The van der Waals surface area contributed by atoms with Crippen molar-refractivity contribution in [2.75, 3.05) is 0 Å². The van der Waals surface area contributed by atoms with E-state index >= 15 is 0 Å². The summed E-state index contributed by atoms with van der Waals surface area (Å²) >= 11 is 0. The van der Waals surface area contributed by atoms with Crippen molar-refractivity contribution in [2.24, 2.45) is 0 Å². The zero-order valence-corrected chi connectivity index (χ0v) is 21.8. The first-order valence-electron chi connectivity index (χ1n) is 13.7. The summed E-state index contributed by atoms with van der Waals surface area (Å²) in [6.07, 6.45) is 14.9. The first kappa shape index (κ1) is 28.0. The monoisotopic (exact) mass is 466 g/mol. The third kappa shape index (κ3) is 10.3. The summed E-state index contributed by atoms with van der Waals surface area (Å²) in [6.45, 7) is 6.67. The van der Waals surface area contributed by atoms with Crippen molar-refractivity contribution in [3.8, 4) is 5.75 Å². The van der Waals surface area contributed by atoms with Crippen molar-refractivity contribution in [3.63, 3.8) is 0 Å². The average molecular weight is 467 g/mol. The van der Waals surface area contributed by atoms with E-state index in [1.807, 2.05) is 42.5 Å². The van der Waals surface area contributed by atoms with Gasteiger partial charge in [0, 0.05) is 0 Å². The fourth-order valence-electron chi connectivity index (χ4n) is 4.47. The standard InChI is InChI=1S/C31H46O3/c1-4-7-10-11-17-24-29(27-20-15-12-16-21-27)33-31(32)34-30-25-18-22-26(19-13-8-5-2)28(30)23-14-9-6-3/h12,15-16,18,20-22,25,29H,4-11,13-14,17,19,23-24H2,1-3H3. The number of ether oxygens (including phenoxy) is 2. The maximum absolute atomic E-state index is 12.9. The molecule has 1 atom stereocenters. The van der Waals surface area contributed by atoms with Gasteiger partial charge in [0.2, 0.25) is 0 Å². The van der Waals surface area contributed by atoms with Gasteiger partial charge in [-0.05, 0) is 61.3 Å². The molecule has 0 bridgehead atoms. The number of hydrogen-bond acceptors (Lipinski definition) is 3. The molecule has 0 saturated carbocycles. The second-order valence-corrected chi connectivity index (χ2v) is 9.38. The van der Waals surface area contributed by atoms with Crippen molar-refractivity contribution in [2.45, 2.75) is 117 Å². The highest BCUT2D eigenvalue weighted by Gasteiger charge is 2.20. The van der Waals surface area contributed by atoms with Gasteiger partial charge in [-0.1, -0.05) is 115 Å². The molecular weight excluding hydrogens is 420 g/mol. The fraction of sp³-hybridized carbons (Fsp3) is 0.581. The maximum Gasteiger partial charge on any atom is 0.514 e. The molecule has 0 saturated heterocycles. The predicted octanol–water partition coefficient (Wildman–Crippen LogP) is 9.77. The third-order valence-electron chi connectivity index (χ3n) is 6.48. The summed E-state index contributed by atoms with van der Waals surface area (Å²) in [6, 6.07) is 16.2. The third-order valence-corrected chi connectivity index (χ3v) is 6.48. The molecule has 0 fully saturated rings. The largest absolute Gasteiger partial charge is 0.514 e. The van der Waals surface area contributed by atoms with Crippen LogP contribution in [0.25, 0.3) is 0 Å². The number of aryl methyl sites for hydroxylation is 1. The Kier molecular flexibility index (Phi) is 14.1. The maximum atomic E-state index is 12.9. The average Bonchev–Trinajstić information content (AvgIpc) is 2.85. The summed E-state index contributed by atoms with van der Waals surface area (Å²) in [4.78, 5) is 12.9. The van der Waals surface area contributed by atoms with E-state index in [0.717, 1.165) is 44.1 Å². The summed E-state index contributed by atoms with van der Waals surface area (Å²) < 4.78 is 11.8. The molecule has 0 N–H and O–H groups in total. The minimum atomic E-state index is -0.593. The van der Waals surface area contributed by atoms with Crippen molar-refractivity contribution >= 4 is 6.16 Å². The highest BCUT2D eigenvalue weighted by molar-refractivity contribution is 5.65. The van der Waals surface area contributed by atoms with Crippen LogP contribution in [-0.4, -0.2) is 6.16 Å². The number of carbonyl (C=O) groups excluding carboxylic acids is 1. The van der Waals surface area contributed by atoms with Gasteiger partial charge >= 0.3 is 6.16 Å². The summed E-state index contributed by atoms with van der Waals surface area (Å²) in [5.74, 6) is 0.671. The highest BCUT2D eigenvalue weighted by atomic mass is 16.7. The molecule has 0 amide bonds. The first-order valence-corrected chi connectivity index (χ1v) is 13.7. The lowest BCUT2D eigenvalue weighted by Gasteiger charge is -2.19. The molecule has 0 aromatic heterocycles. The Morgan fingerprint density at radius 3 is 2.06 bits per heavy atom. The van der Waals surface area contributed by atoms with Crippen LogP contribution in [0.4, 0.5) is 4.79 Å². The number of benzene rings is 2. The molecule has 0 aliphatic heterocycles. The summed E-state index contributed by atoms with van der Waals surface area (Å²) in [5, 5.41) is 0. The molecule has 34 heavy (non-hydrogen) atoms. The molecule has 2 aromatic rings. The van der Waals surface area contributed by atoms with Crippen molar-refractivity contribution < 1.29 is 14.3 Å². The Morgan fingerprint density at radius 1 is 0.706 bits per heavy atom. The zero-order valence-electron chi connectivity index (χ0n) is 21.8. The lowest BCUT2D eigenvalue weighted by atomic mass is 9.96. The van der Waals surface area contributed by atoms with Crippen LogP contribution in [0.15, 0.2) is 48.5 Å². The van der Waals surface area contributed by atoms with Crippen LogP contribution in [-0.2, 0) is 17.6 Å². The van der Waals surface area contributed by atoms with E-state index < -0.39 is 6.16 Å². The van der Waals surface area contributed by atoms with Crippen molar-refractivity contribution in [1.82, 2.24) is 0 Å². The van der Waals surface area contributed by atoms with Gasteiger partial charge in [0.05, 0.1) is 0 Å². The Morgan fingerprint density at radius 2 is 1.35 bits per heavy atom. The lowest BCUT2D eigenvalue weighted by molar-refractivity contribution is 0.0525. The second kappa shape index (κ2) is 17.2. The van der Waals surface area contributed by atoms with E-state index in [1.54, 1.807) is 0 Å².